The van der Waals surface area contributed by atoms with E-state index < -0.39 is 0 Å². The predicted octanol–water partition coefficient (Wildman–Crippen LogP) is 3.94. The van der Waals surface area contributed by atoms with E-state index in [0.717, 1.165) is 0 Å². The maximum atomic E-state index is 3.59. The second-order valence-electron chi connectivity index (χ2n) is 2.91. The summed E-state index contributed by atoms with van der Waals surface area (Å²) < 4.78 is 0. The Bertz CT molecular complexity index is 227. The minimum atomic E-state index is 0.570. The topological polar surface area (TPSA) is 0 Å². The van der Waals surface area contributed by atoms with Crippen molar-refractivity contribution in [2.24, 2.45) is 0 Å². The van der Waals surface area contributed by atoms with Crippen molar-refractivity contribution in [2.45, 2.75) is 31.5 Å². The summed E-state index contributed by atoms with van der Waals surface area (Å²) in [6, 6.07) is 4.41. The van der Waals surface area contributed by atoms with Gasteiger partial charge in [0.05, 0.1) is 0 Å². The fourth-order valence-electron chi connectivity index (χ4n) is 0.925. The van der Waals surface area contributed by atoms with Gasteiger partial charge in [-0.15, -0.1) is 11.3 Å². The van der Waals surface area contributed by atoms with Crippen LogP contribution in [-0.4, -0.2) is 4.83 Å². The van der Waals surface area contributed by atoms with Gasteiger partial charge in [-0.3, -0.25) is 0 Å². The molecule has 0 radical (unpaired) electrons. The van der Waals surface area contributed by atoms with Gasteiger partial charge < -0.3 is 0 Å². The van der Waals surface area contributed by atoms with Crippen molar-refractivity contribution in [3.05, 3.63) is 21.9 Å². The first-order chi connectivity index (χ1) is 5.11. The number of hydrogen-bond donors (Lipinski definition) is 0. The van der Waals surface area contributed by atoms with Crippen molar-refractivity contribution in [3.8, 4) is 0 Å². The molecule has 0 aliphatic carbocycles. The van der Waals surface area contributed by atoms with Crippen molar-refractivity contribution in [2.75, 3.05) is 0 Å². The average molecular weight is 233 g/mol. The molecule has 0 saturated heterocycles. The minimum absolute atomic E-state index is 0.570. The van der Waals surface area contributed by atoms with Gasteiger partial charge in [0, 0.05) is 20.5 Å². The zero-order valence-electron chi connectivity index (χ0n) is 7.10. The van der Waals surface area contributed by atoms with Crippen LogP contribution in [-0.2, 0) is 0 Å². The monoisotopic (exact) mass is 232 g/mol. The van der Waals surface area contributed by atoms with Crippen LogP contribution in [0.25, 0.3) is 0 Å². The highest BCUT2D eigenvalue weighted by atomic mass is 79.9. The number of alkyl halides is 1. The standard InChI is InChI=1S/C9H13BrS/c1-6-4-5-9(11-6)7(2)8(3)10/h4-5,7-8H,1-3H3. The molecule has 2 unspecified atom stereocenters. The van der Waals surface area contributed by atoms with Crippen LogP contribution in [0.5, 0.6) is 0 Å². The number of hydrogen-bond acceptors (Lipinski definition) is 1. The van der Waals surface area contributed by atoms with Crippen LogP contribution in [0, 0.1) is 6.92 Å². The van der Waals surface area contributed by atoms with E-state index in [1.807, 2.05) is 11.3 Å². The van der Waals surface area contributed by atoms with Crippen LogP contribution in [0.1, 0.15) is 29.5 Å². The van der Waals surface area contributed by atoms with E-state index >= 15 is 0 Å². The Balaban J connectivity index is 2.76. The Morgan fingerprint density at radius 1 is 1.36 bits per heavy atom. The summed E-state index contributed by atoms with van der Waals surface area (Å²) in [4.78, 5) is 3.45. The third-order valence-electron chi connectivity index (χ3n) is 1.90. The molecule has 1 aromatic heterocycles. The third-order valence-corrected chi connectivity index (χ3v) is 3.89. The molecular weight excluding hydrogens is 220 g/mol. The molecule has 0 aliphatic rings. The van der Waals surface area contributed by atoms with E-state index in [1.54, 1.807) is 0 Å². The lowest BCUT2D eigenvalue weighted by atomic mass is 10.1. The molecule has 2 heteroatoms. The summed E-state index contributed by atoms with van der Waals surface area (Å²) in [6.07, 6.45) is 0. The average Bonchev–Trinajstić information content (AvgIpc) is 2.34. The van der Waals surface area contributed by atoms with Crippen LogP contribution in [0.2, 0.25) is 0 Å². The largest absolute Gasteiger partial charge is 0.145 e. The van der Waals surface area contributed by atoms with Gasteiger partial charge in [0.15, 0.2) is 0 Å². The van der Waals surface area contributed by atoms with Crippen LogP contribution < -0.4 is 0 Å². The van der Waals surface area contributed by atoms with Crippen LogP contribution >= 0.6 is 27.3 Å². The molecule has 62 valence electrons. The highest BCUT2D eigenvalue weighted by Crippen LogP contribution is 2.29. The quantitative estimate of drug-likeness (QED) is 0.678. The number of thiophene rings is 1. The lowest BCUT2D eigenvalue weighted by Gasteiger charge is -2.10. The molecule has 1 heterocycles. The smallest absolute Gasteiger partial charge is 0.0191 e. The highest BCUT2D eigenvalue weighted by molar-refractivity contribution is 9.09. The van der Waals surface area contributed by atoms with Gasteiger partial charge in [-0.1, -0.05) is 29.8 Å². The Morgan fingerprint density at radius 3 is 2.36 bits per heavy atom. The second-order valence-corrected chi connectivity index (χ2v) is 5.68. The Morgan fingerprint density at radius 2 is 2.00 bits per heavy atom. The first-order valence-electron chi connectivity index (χ1n) is 3.81. The number of rotatable bonds is 2. The lowest BCUT2D eigenvalue weighted by Crippen LogP contribution is -2.01. The number of aryl methyl sites for hydroxylation is 1. The second kappa shape index (κ2) is 3.72. The fourth-order valence-corrected chi connectivity index (χ4v) is 2.42. The summed E-state index contributed by atoms with van der Waals surface area (Å²) in [5, 5.41) is 0. The highest BCUT2D eigenvalue weighted by Gasteiger charge is 2.12. The van der Waals surface area contributed by atoms with E-state index in [9.17, 15) is 0 Å². The Kier molecular flexibility index (Phi) is 3.14. The zero-order chi connectivity index (χ0) is 8.43. The van der Waals surface area contributed by atoms with Gasteiger partial charge in [-0.2, -0.15) is 0 Å². The normalized spacial score (nSPS) is 16.4. The van der Waals surface area contributed by atoms with E-state index in [1.165, 1.54) is 9.75 Å². The maximum absolute atomic E-state index is 3.59. The third kappa shape index (κ3) is 2.31. The van der Waals surface area contributed by atoms with Gasteiger partial charge in [0.25, 0.3) is 0 Å². The van der Waals surface area contributed by atoms with Crippen molar-refractivity contribution in [1.29, 1.82) is 0 Å². The molecule has 0 aromatic carbocycles. The molecule has 1 rings (SSSR count). The summed E-state index contributed by atoms with van der Waals surface area (Å²) in [6.45, 7) is 6.60. The van der Waals surface area contributed by atoms with Crippen LogP contribution in [0.15, 0.2) is 12.1 Å². The molecule has 0 aliphatic heterocycles. The Labute approximate surface area is 80.8 Å². The first kappa shape index (κ1) is 9.27. The summed E-state index contributed by atoms with van der Waals surface area (Å²) in [7, 11) is 0. The lowest BCUT2D eigenvalue weighted by molar-refractivity contribution is 0.777. The van der Waals surface area contributed by atoms with Gasteiger partial charge in [0.1, 0.15) is 0 Å². The first-order valence-corrected chi connectivity index (χ1v) is 5.55. The van der Waals surface area contributed by atoms with E-state index in [-0.39, 0.29) is 0 Å². The van der Waals surface area contributed by atoms with Crippen LogP contribution in [0.4, 0.5) is 0 Å². The minimum Gasteiger partial charge on any atom is -0.145 e. The molecule has 0 nitrogen and oxygen atoms in total. The van der Waals surface area contributed by atoms with E-state index in [0.29, 0.717) is 10.7 Å². The van der Waals surface area contributed by atoms with Crippen molar-refractivity contribution >= 4 is 27.3 Å². The fraction of sp³-hybridized carbons (Fsp3) is 0.556. The molecule has 2 atom stereocenters. The summed E-state index contributed by atoms with van der Waals surface area (Å²) in [5.41, 5.74) is 0. The predicted molar refractivity (Wildman–Crippen MR) is 55.9 cm³/mol. The molecule has 0 amide bonds. The van der Waals surface area contributed by atoms with Crippen molar-refractivity contribution < 1.29 is 0 Å². The molecule has 11 heavy (non-hydrogen) atoms. The summed E-state index contributed by atoms with van der Waals surface area (Å²) >= 11 is 5.49. The van der Waals surface area contributed by atoms with Gasteiger partial charge >= 0.3 is 0 Å². The molecule has 0 spiro atoms. The summed E-state index contributed by atoms with van der Waals surface area (Å²) in [5.74, 6) is 0.633. The van der Waals surface area contributed by atoms with Gasteiger partial charge in [0.2, 0.25) is 0 Å². The SMILES string of the molecule is Cc1ccc(C(C)C(C)Br)s1. The number of halogens is 1. The van der Waals surface area contributed by atoms with E-state index in [2.05, 4.69) is 48.8 Å². The van der Waals surface area contributed by atoms with Crippen LogP contribution in [0.3, 0.4) is 0 Å². The molecule has 0 N–H and O–H groups in total. The van der Waals surface area contributed by atoms with Gasteiger partial charge in [-0.25, -0.2) is 0 Å². The zero-order valence-corrected chi connectivity index (χ0v) is 9.50. The molecule has 1 aromatic rings. The van der Waals surface area contributed by atoms with Crippen molar-refractivity contribution in [3.63, 3.8) is 0 Å². The molecule has 0 fully saturated rings. The molecular formula is C9H13BrS. The van der Waals surface area contributed by atoms with E-state index in [4.69, 9.17) is 0 Å². The molecule has 0 bridgehead atoms. The van der Waals surface area contributed by atoms with Crippen molar-refractivity contribution in [1.82, 2.24) is 0 Å². The Hall–Kier alpha value is 0.180. The maximum Gasteiger partial charge on any atom is 0.0191 e. The van der Waals surface area contributed by atoms with Gasteiger partial charge in [-0.05, 0) is 19.1 Å². The molecule has 0 saturated carbocycles.